The fourth-order valence-corrected chi connectivity index (χ4v) is 3.77. The topological polar surface area (TPSA) is 83.6 Å². The van der Waals surface area contributed by atoms with E-state index in [9.17, 15) is 28.0 Å². The number of fused-ring (bicyclic) bond motifs is 1. The van der Waals surface area contributed by atoms with Crippen molar-refractivity contribution < 1.29 is 32.1 Å². The number of ketones is 1. The minimum Gasteiger partial charge on any atom is -0.322 e. The van der Waals surface area contributed by atoms with E-state index < -0.39 is 60.2 Å². The fourth-order valence-electron chi connectivity index (χ4n) is 3.65. The number of imide groups is 1. The number of carbonyl (C=O) groups excluding carboxylic acids is 4. The Morgan fingerprint density at radius 3 is 2.62 bits per heavy atom. The number of nitrogens with one attached hydrogen (secondary N) is 1. The number of hydrogen-bond acceptors (Lipinski definition) is 4. The number of piperidine rings is 1. The van der Waals surface area contributed by atoms with Crippen molar-refractivity contribution in [3.05, 3.63) is 69.7 Å². The molecular formula is C23H19ClF2N2O4. The van der Waals surface area contributed by atoms with E-state index in [0.29, 0.717) is 5.56 Å². The Hall–Kier alpha value is -3.13. The van der Waals surface area contributed by atoms with Gasteiger partial charge in [-0.15, -0.1) is 0 Å². The summed E-state index contributed by atoms with van der Waals surface area (Å²) in [6.45, 7) is -0.130. The van der Waals surface area contributed by atoms with Gasteiger partial charge in [0, 0.05) is 39.6 Å². The van der Waals surface area contributed by atoms with Crippen molar-refractivity contribution in [3.8, 4) is 0 Å². The van der Waals surface area contributed by atoms with Gasteiger partial charge in [-0.2, -0.15) is 8.78 Å². The van der Waals surface area contributed by atoms with Crippen LogP contribution in [-0.4, -0.2) is 34.4 Å². The number of benzene rings is 2. The Morgan fingerprint density at radius 2 is 1.94 bits per heavy atom. The van der Waals surface area contributed by atoms with Gasteiger partial charge in [0.1, 0.15) is 6.04 Å². The van der Waals surface area contributed by atoms with Crippen molar-refractivity contribution in [2.45, 2.75) is 44.1 Å². The summed E-state index contributed by atoms with van der Waals surface area (Å²) >= 11 is 5.70. The molecule has 4 rings (SSSR count). The number of nitrogens with zero attached hydrogens (tertiary/aromatic N) is 1. The monoisotopic (exact) mass is 463 g/mol. The number of aryl methyl sites for hydroxylation is 1. The summed E-state index contributed by atoms with van der Waals surface area (Å²) in [5.41, 5.74) is -0.201. The van der Waals surface area contributed by atoms with Crippen molar-refractivity contribution in [2.75, 3.05) is 0 Å². The molecule has 0 spiro atoms. The Bertz CT molecular complexity index is 1240. The fraction of sp³-hybridized carbons (Fsp3) is 0.304. The average molecular weight is 464 g/mol. The molecule has 2 aliphatic rings. The highest BCUT2D eigenvalue weighted by molar-refractivity contribution is 6.30. The molecule has 9 heteroatoms. The first-order chi connectivity index (χ1) is 16.3. The van der Waals surface area contributed by atoms with Crippen LogP contribution in [0, 0.1) is 0 Å². The Labute approximate surface area is 191 Å². The standard InChI is InChI=1S/C23H19ClF2N2O4/c24-16-5-3-15(4-6-16)23(25,26)19(29)9-2-13-1-7-17-14(11-13)12-28(22(17)32)18-8-10-20(30)27-21(18)31/h1,3-7,11,18H,2,8-10,12H2,(H,27,30,31)/i2D2,8D. The molecule has 1 fully saturated rings. The number of Topliss-reactive ketones (excluding diaryl/α,β-unsaturated/α-hetero) is 1. The van der Waals surface area contributed by atoms with Gasteiger partial charge in [-0.3, -0.25) is 24.5 Å². The second-order valence-electron chi connectivity index (χ2n) is 7.46. The van der Waals surface area contributed by atoms with Crippen molar-refractivity contribution in [1.29, 1.82) is 0 Å². The van der Waals surface area contributed by atoms with Gasteiger partial charge >= 0.3 is 5.92 Å². The lowest BCUT2D eigenvalue weighted by atomic mass is 9.97. The molecule has 3 amide bonds. The van der Waals surface area contributed by atoms with Gasteiger partial charge < -0.3 is 4.90 Å². The molecule has 6 nitrogen and oxygen atoms in total. The maximum atomic E-state index is 14.7. The van der Waals surface area contributed by atoms with E-state index in [1.165, 1.54) is 30.3 Å². The van der Waals surface area contributed by atoms with Gasteiger partial charge in [0.2, 0.25) is 17.6 Å². The van der Waals surface area contributed by atoms with Crippen molar-refractivity contribution in [3.63, 3.8) is 0 Å². The first-order valence-corrected chi connectivity index (χ1v) is 10.1. The van der Waals surface area contributed by atoms with Crippen LogP contribution >= 0.6 is 11.6 Å². The van der Waals surface area contributed by atoms with Crippen LogP contribution in [0.3, 0.4) is 0 Å². The number of amides is 3. The average Bonchev–Trinajstić information content (AvgIpc) is 3.08. The zero-order valence-electron chi connectivity index (χ0n) is 19.5. The van der Waals surface area contributed by atoms with E-state index in [1.54, 1.807) is 0 Å². The predicted molar refractivity (Wildman–Crippen MR) is 111 cm³/mol. The second kappa shape index (κ2) is 8.43. The summed E-state index contributed by atoms with van der Waals surface area (Å²) in [5, 5.41) is 2.32. The lowest BCUT2D eigenvalue weighted by molar-refractivity contribution is -0.144. The lowest BCUT2D eigenvalue weighted by Gasteiger charge is -2.29. The highest BCUT2D eigenvalue weighted by Crippen LogP contribution is 2.32. The van der Waals surface area contributed by atoms with Crippen LogP contribution in [0.5, 0.6) is 0 Å². The number of hydrogen-bond donors (Lipinski definition) is 1. The lowest BCUT2D eigenvalue weighted by Crippen LogP contribution is -2.52. The molecule has 0 aromatic heterocycles. The third-order valence-corrected chi connectivity index (χ3v) is 5.59. The molecule has 2 aliphatic heterocycles. The van der Waals surface area contributed by atoms with Gasteiger partial charge in [-0.1, -0.05) is 35.9 Å². The molecule has 2 heterocycles. The summed E-state index contributed by atoms with van der Waals surface area (Å²) in [4.78, 5) is 50.1. The predicted octanol–water partition coefficient (Wildman–Crippen LogP) is 3.39. The van der Waals surface area contributed by atoms with Crippen molar-refractivity contribution in [2.24, 2.45) is 0 Å². The van der Waals surface area contributed by atoms with Gasteiger partial charge in [-0.25, -0.2) is 0 Å². The third kappa shape index (κ3) is 4.14. The van der Waals surface area contributed by atoms with Crippen molar-refractivity contribution in [1.82, 2.24) is 10.2 Å². The third-order valence-electron chi connectivity index (χ3n) is 5.34. The Kier molecular flexibility index (Phi) is 4.86. The summed E-state index contributed by atoms with van der Waals surface area (Å²) in [7, 11) is 0. The van der Waals surface area contributed by atoms with E-state index in [0.717, 1.165) is 17.0 Å². The Balaban J connectivity index is 1.55. The smallest absolute Gasteiger partial charge is 0.322 e. The molecule has 0 bridgehead atoms. The van der Waals surface area contributed by atoms with Crippen LogP contribution < -0.4 is 5.32 Å². The molecule has 2 aromatic carbocycles. The van der Waals surface area contributed by atoms with Gasteiger partial charge in [0.15, 0.2) is 0 Å². The zero-order valence-corrected chi connectivity index (χ0v) is 17.3. The van der Waals surface area contributed by atoms with Crippen LogP contribution in [-0.2, 0) is 33.2 Å². The molecular weight excluding hydrogens is 442 g/mol. The number of carbonyl (C=O) groups is 4. The van der Waals surface area contributed by atoms with Crippen LogP contribution in [0.25, 0.3) is 0 Å². The largest absolute Gasteiger partial charge is 0.330 e. The van der Waals surface area contributed by atoms with E-state index in [4.69, 9.17) is 15.7 Å². The molecule has 0 saturated carbocycles. The van der Waals surface area contributed by atoms with Crippen LogP contribution in [0.4, 0.5) is 8.78 Å². The summed E-state index contributed by atoms with van der Waals surface area (Å²) in [6.07, 6.45) is -5.02. The minimum atomic E-state index is -3.93. The molecule has 1 N–H and O–H groups in total. The number of rotatable bonds is 6. The van der Waals surface area contributed by atoms with Gasteiger partial charge in [0.25, 0.3) is 5.91 Å². The summed E-state index contributed by atoms with van der Waals surface area (Å²) < 4.78 is 54.0. The molecule has 1 saturated heterocycles. The molecule has 2 aromatic rings. The van der Waals surface area contributed by atoms with Crippen LogP contribution in [0.2, 0.25) is 5.02 Å². The first kappa shape index (κ1) is 18.4. The quantitative estimate of drug-likeness (QED) is 0.665. The number of alkyl halides is 2. The molecule has 2 atom stereocenters. The molecule has 2 unspecified atom stereocenters. The maximum Gasteiger partial charge on any atom is 0.330 e. The highest BCUT2D eigenvalue weighted by atomic mass is 35.5. The molecule has 32 heavy (non-hydrogen) atoms. The van der Waals surface area contributed by atoms with Crippen molar-refractivity contribution >= 4 is 35.1 Å². The molecule has 166 valence electrons. The molecule has 0 radical (unpaired) electrons. The summed E-state index contributed by atoms with van der Waals surface area (Å²) in [5.74, 6) is -7.50. The summed E-state index contributed by atoms with van der Waals surface area (Å²) in [6, 6.07) is 7.05. The Morgan fingerprint density at radius 1 is 1.22 bits per heavy atom. The number of halogens is 3. The zero-order chi connectivity index (χ0) is 25.7. The van der Waals surface area contributed by atoms with Gasteiger partial charge in [-0.05, 0) is 42.1 Å². The van der Waals surface area contributed by atoms with E-state index in [2.05, 4.69) is 5.32 Å². The van der Waals surface area contributed by atoms with Gasteiger partial charge in [0.05, 0.1) is 0 Å². The first-order valence-electron chi connectivity index (χ1n) is 11.3. The normalized spacial score (nSPS) is 22.7. The maximum absolute atomic E-state index is 14.7. The van der Waals surface area contributed by atoms with E-state index in [1.807, 2.05) is 0 Å². The molecule has 0 aliphatic carbocycles. The van der Waals surface area contributed by atoms with E-state index >= 15 is 0 Å². The van der Waals surface area contributed by atoms with Crippen LogP contribution in [0.15, 0.2) is 42.5 Å². The van der Waals surface area contributed by atoms with E-state index in [-0.39, 0.29) is 29.1 Å². The second-order valence-corrected chi connectivity index (χ2v) is 7.90. The SMILES string of the molecule is [2H]C1CC(=O)NC(=O)C1N1Cc2cc(C([2H])([2H])CC(=O)C(F)(F)c3ccc(Cl)cc3)ccc2C1=O. The van der Waals surface area contributed by atoms with Crippen LogP contribution in [0.1, 0.15) is 50.4 Å². The minimum absolute atomic E-state index is 0.0862. The highest BCUT2D eigenvalue weighted by Gasteiger charge is 2.41.